The molecule has 5 nitrogen and oxygen atoms in total. The Morgan fingerprint density at radius 2 is 2.35 bits per heavy atom. The van der Waals surface area contributed by atoms with E-state index in [1.54, 1.807) is 16.7 Å². The van der Waals surface area contributed by atoms with E-state index < -0.39 is 5.97 Å². The predicted octanol–water partition coefficient (Wildman–Crippen LogP) is 2.10. The Hall–Kier alpha value is -1.53. The summed E-state index contributed by atoms with van der Waals surface area (Å²) in [5.74, 6) is -0.949. The van der Waals surface area contributed by atoms with Gasteiger partial charge in [-0.25, -0.2) is 0 Å². The lowest BCUT2D eigenvalue weighted by atomic mass is 10.3. The van der Waals surface area contributed by atoms with E-state index in [4.69, 9.17) is 16.7 Å². The number of thioether (sulfide) groups is 1. The summed E-state index contributed by atoms with van der Waals surface area (Å²) in [7, 11) is 0. The fourth-order valence-corrected chi connectivity index (χ4v) is 2.09. The van der Waals surface area contributed by atoms with Crippen LogP contribution in [0.1, 0.15) is 0 Å². The summed E-state index contributed by atoms with van der Waals surface area (Å²) < 4.78 is 1.69. The van der Waals surface area contributed by atoms with Crippen LogP contribution in [0.2, 0.25) is 5.02 Å². The van der Waals surface area contributed by atoms with Gasteiger partial charge in [-0.2, -0.15) is 0 Å². The number of carbonyl (C=O) groups is 1. The summed E-state index contributed by atoms with van der Waals surface area (Å²) in [5.41, 5.74) is 0.801. The summed E-state index contributed by atoms with van der Waals surface area (Å²) in [6.07, 6.45) is 1.52. The van der Waals surface area contributed by atoms with Crippen molar-refractivity contribution in [2.75, 3.05) is 5.75 Å². The summed E-state index contributed by atoms with van der Waals surface area (Å²) in [6, 6.07) is 7.18. The molecule has 0 saturated heterocycles. The van der Waals surface area contributed by atoms with E-state index in [1.807, 2.05) is 12.1 Å². The summed E-state index contributed by atoms with van der Waals surface area (Å²) in [5, 5.41) is 17.4. The highest BCUT2D eigenvalue weighted by molar-refractivity contribution is 7.99. The van der Waals surface area contributed by atoms with Gasteiger partial charge in [0, 0.05) is 5.02 Å². The van der Waals surface area contributed by atoms with Crippen LogP contribution >= 0.6 is 23.4 Å². The van der Waals surface area contributed by atoms with E-state index in [2.05, 4.69) is 10.2 Å². The molecule has 88 valence electrons. The molecule has 1 aromatic heterocycles. The normalized spacial score (nSPS) is 10.4. The summed E-state index contributed by atoms with van der Waals surface area (Å²) in [4.78, 5) is 10.5. The number of aliphatic carboxylic acids is 1. The van der Waals surface area contributed by atoms with Gasteiger partial charge in [0.05, 0.1) is 11.4 Å². The molecule has 1 N–H and O–H groups in total. The lowest BCUT2D eigenvalue weighted by Gasteiger charge is -2.05. The Balaban J connectivity index is 2.27. The van der Waals surface area contributed by atoms with E-state index in [0.717, 1.165) is 17.4 Å². The van der Waals surface area contributed by atoms with Crippen LogP contribution in [0.5, 0.6) is 0 Å². The number of carboxylic acids is 1. The van der Waals surface area contributed by atoms with Gasteiger partial charge < -0.3 is 5.11 Å². The van der Waals surface area contributed by atoms with Crippen LogP contribution in [-0.4, -0.2) is 31.6 Å². The first-order valence-corrected chi connectivity index (χ1v) is 6.04. The summed E-state index contributed by atoms with van der Waals surface area (Å²) >= 11 is 7.00. The van der Waals surface area contributed by atoms with Crippen molar-refractivity contribution < 1.29 is 9.90 Å². The van der Waals surface area contributed by atoms with Crippen molar-refractivity contribution in [1.82, 2.24) is 14.8 Å². The van der Waals surface area contributed by atoms with Gasteiger partial charge >= 0.3 is 5.97 Å². The molecule has 0 radical (unpaired) electrons. The number of nitrogens with zero attached hydrogens (tertiary/aromatic N) is 3. The monoisotopic (exact) mass is 269 g/mol. The van der Waals surface area contributed by atoms with Gasteiger partial charge in [0.25, 0.3) is 0 Å². The van der Waals surface area contributed by atoms with Crippen molar-refractivity contribution in [1.29, 1.82) is 0 Å². The Morgan fingerprint density at radius 3 is 3.06 bits per heavy atom. The zero-order valence-corrected chi connectivity index (χ0v) is 10.1. The Bertz CT molecular complexity index is 544. The highest BCUT2D eigenvalue weighted by atomic mass is 35.5. The first-order chi connectivity index (χ1) is 8.16. The van der Waals surface area contributed by atoms with Crippen molar-refractivity contribution in [2.45, 2.75) is 5.16 Å². The van der Waals surface area contributed by atoms with E-state index in [0.29, 0.717) is 10.2 Å². The van der Waals surface area contributed by atoms with Crippen molar-refractivity contribution in [3.8, 4) is 5.69 Å². The van der Waals surface area contributed by atoms with E-state index >= 15 is 0 Å². The molecule has 17 heavy (non-hydrogen) atoms. The van der Waals surface area contributed by atoms with E-state index in [-0.39, 0.29) is 5.75 Å². The third-order valence-electron chi connectivity index (χ3n) is 1.93. The number of benzene rings is 1. The SMILES string of the molecule is O=C(O)CSc1nncn1-c1cccc(Cl)c1. The minimum atomic E-state index is -0.893. The van der Waals surface area contributed by atoms with Crippen LogP contribution in [-0.2, 0) is 4.79 Å². The molecule has 0 saturated carbocycles. The van der Waals surface area contributed by atoms with Crippen molar-refractivity contribution in [2.24, 2.45) is 0 Å². The Labute approximate surface area is 106 Å². The molecule has 2 rings (SSSR count). The number of carboxylic acid groups (broad SMARTS) is 1. The third-order valence-corrected chi connectivity index (χ3v) is 3.09. The molecule has 1 aromatic carbocycles. The van der Waals surface area contributed by atoms with Gasteiger partial charge in [0.2, 0.25) is 0 Å². The molecule has 0 amide bonds. The maximum atomic E-state index is 10.5. The van der Waals surface area contributed by atoms with Gasteiger partial charge in [0.1, 0.15) is 6.33 Å². The van der Waals surface area contributed by atoms with Crippen LogP contribution in [0, 0.1) is 0 Å². The third kappa shape index (κ3) is 2.98. The van der Waals surface area contributed by atoms with Gasteiger partial charge in [0.15, 0.2) is 5.16 Å². The number of hydrogen-bond donors (Lipinski definition) is 1. The number of rotatable bonds is 4. The molecular weight excluding hydrogens is 262 g/mol. The van der Waals surface area contributed by atoms with Crippen molar-refractivity contribution in [3.05, 3.63) is 35.6 Å². The smallest absolute Gasteiger partial charge is 0.313 e. The second-order valence-electron chi connectivity index (χ2n) is 3.15. The second kappa shape index (κ2) is 5.20. The highest BCUT2D eigenvalue weighted by Gasteiger charge is 2.09. The Morgan fingerprint density at radius 1 is 1.53 bits per heavy atom. The molecule has 0 aliphatic heterocycles. The van der Waals surface area contributed by atoms with Crippen molar-refractivity contribution in [3.63, 3.8) is 0 Å². The van der Waals surface area contributed by atoms with Crippen LogP contribution in [0.25, 0.3) is 5.69 Å². The van der Waals surface area contributed by atoms with Gasteiger partial charge in [-0.15, -0.1) is 10.2 Å². The molecule has 0 unspecified atom stereocenters. The number of aromatic nitrogens is 3. The molecule has 7 heteroatoms. The van der Waals surface area contributed by atoms with E-state index in [9.17, 15) is 4.79 Å². The number of hydrogen-bond acceptors (Lipinski definition) is 4. The lowest BCUT2D eigenvalue weighted by Crippen LogP contribution is -2.01. The second-order valence-corrected chi connectivity index (χ2v) is 4.52. The molecule has 0 aliphatic rings. The fourth-order valence-electron chi connectivity index (χ4n) is 1.25. The molecule has 0 aliphatic carbocycles. The fraction of sp³-hybridized carbons (Fsp3) is 0.100. The van der Waals surface area contributed by atoms with Crippen molar-refractivity contribution >= 4 is 29.3 Å². The largest absolute Gasteiger partial charge is 0.481 e. The molecular formula is C10H8ClN3O2S. The minimum absolute atomic E-state index is 0.0563. The molecule has 0 bridgehead atoms. The molecule has 0 fully saturated rings. The van der Waals surface area contributed by atoms with Gasteiger partial charge in [-0.3, -0.25) is 9.36 Å². The predicted molar refractivity (Wildman–Crippen MR) is 64.7 cm³/mol. The van der Waals surface area contributed by atoms with Crippen LogP contribution in [0.3, 0.4) is 0 Å². The zero-order valence-electron chi connectivity index (χ0n) is 8.58. The standard InChI is InChI=1S/C10H8ClN3O2S/c11-7-2-1-3-8(4-7)14-6-12-13-10(14)17-5-9(15)16/h1-4,6H,5H2,(H,15,16). The van der Waals surface area contributed by atoms with Gasteiger partial charge in [-0.1, -0.05) is 29.4 Å². The van der Waals surface area contributed by atoms with Gasteiger partial charge in [-0.05, 0) is 18.2 Å². The zero-order chi connectivity index (χ0) is 12.3. The number of halogens is 1. The molecule has 0 spiro atoms. The average molecular weight is 270 g/mol. The summed E-state index contributed by atoms with van der Waals surface area (Å²) in [6.45, 7) is 0. The average Bonchev–Trinajstić information content (AvgIpc) is 2.74. The molecule has 0 atom stereocenters. The first kappa shape index (κ1) is 11.9. The van der Waals surface area contributed by atoms with E-state index in [1.165, 1.54) is 6.33 Å². The quantitative estimate of drug-likeness (QED) is 0.861. The molecule has 1 heterocycles. The Kier molecular flexibility index (Phi) is 3.65. The lowest BCUT2D eigenvalue weighted by molar-refractivity contribution is -0.133. The molecule has 2 aromatic rings. The maximum Gasteiger partial charge on any atom is 0.313 e. The topological polar surface area (TPSA) is 68.0 Å². The van der Waals surface area contributed by atoms with Crippen LogP contribution < -0.4 is 0 Å². The first-order valence-electron chi connectivity index (χ1n) is 4.67. The van der Waals surface area contributed by atoms with Crippen LogP contribution in [0.4, 0.5) is 0 Å². The highest BCUT2D eigenvalue weighted by Crippen LogP contribution is 2.21. The van der Waals surface area contributed by atoms with Crippen LogP contribution in [0.15, 0.2) is 35.7 Å². The maximum absolute atomic E-state index is 10.5. The minimum Gasteiger partial charge on any atom is -0.481 e.